The van der Waals surface area contributed by atoms with Crippen LogP contribution in [0.3, 0.4) is 0 Å². The Morgan fingerprint density at radius 3 is 2.30 bits per heavy atom. The minimum absolute atomic E-state index is 0.229. The highest BCUT2D eigenvalue weighted by molar-refractivity contribution is 5.97. The number of ether oxygens (including phenoxy) is 3. The summed E-state index contributed by atoms with van der Waals surface area (Å²) >= 11 is 0. The molecule has 156 valence electrons. The number of methoxy groups -OCH3 is 3. The van der Waals surface area contributed by atoms with Crippen LogP contribution in [0.5, 0.6) is 17.2 Å². The topological polar surface area (TPSA) is 91.7 Å². The minimum Gasteiger partial charge on any atom is -0.497 e. The molecule has 3 aromatic rings. The predicted molar refractivity (Wildman–Crippen MR) is 112 cm³/mol. The lowest BCUT2D eigenvalue weighted by Crippen LogP contribution is -2.32. The van der Waals surface area contributed by atoms with Crippen molar-refractivity contribution in [3.05, 3.63) is 70.5 Å². The first kappa shape index (κ1) is 20.9. The van der Waals surface area contributed by atoms with Crippen molar-refractivity contribution in [3.63, 3.8) is 0 Å². The third-order valence-electron chi connectivity index (χ3n) is 4.51. The normalized spacial score (nSPS) is 10.4. The molecule has 0 aliphatic carbocycles. The van der Waals surface area contributed by atoms with E-state index in [2.05, 4.69) is 10.4 Å². The number of rotatable bonds is 8. The summed E-state index contributed by atoms with van der Waals surface area (Å²) in [7, 11) is 4.63. The Hall–Kier alpha value is -3.81. The van der Waals surface area contributed by atoms with Crippen molar-refractivity contribution in [1.29, 1.82) is 0 Å². The maximum absolute atomic E-state index is 12.5. The smallest absolute Gasteiger partial charge is 0.266 e. The second-order valence-electron chi connectivity index (χ2n) is 6.33. The molecule has 0 radical (unpaired) electrons. The third-order valence-corrected chi connectivity index (χ3v) is 4.51. The molecule has 0 spiro atoms. The monoisotopic (exact) mass is 409 g/mol. The van der Waals surface area contributed by atoms with E-state index in [1.807, 2.05) is 24.3 Å². The molecule has 1 N–H and O–H groups in total. The van der Waals surface area contributed by atoms with Gasteiger partial charge in [0, 0.05) is 24.2 Å². The maximum atomic E-state index is 12.5. The number of nitrogens with one attached hydrogen (secondary N) is 1. The molecule has 3 rings (SSSR count). The Morgan fingerprint density at radius 1 is 0.933 bits per heavy atom. The lowest BCUT2D eigenvalue weighted by Gasteiger charge is -2.11. The number of carbonyl (C=O) groups excluding carboxylic acids is 1. The van der Waals surface area contributed by atoms with Gasteiger partial charge in [-0.25, -0.2) is 4.68 Å². The van der Waals surface area contributed by atoms with Gasteiger partial charge < -0.3 is 19.5 Å². The van der Waals surface area contributed by atoms with Crippen LogP contribution in [-0.4, -0.2) is 43.6 Å². The fourth-order valence-electron chi connectivity index (χ4n) is 2.88. The van der Waals surface area contributed by atoms with Gasteiger partial charge in [-0.2, -0.15) is 5.10 Å². The first-order valence-electron chi connectivity index (χ1n) is 9.28. The SMILES string of the molecule is COc1ccc(-c2ccc(=O)n(CCNC(=O)c3ccc(OC)cc3OC)n2)cc1. The number of aromatic nitrogens is 2. The van der Waals surface area contributed by atoms with E-state index in [0.717, 1.165) is 11.3 Å². The molecule has 0 unspecified atom stereocenters. The van der Waals surface area contributed by atoms with Crippen LogP contribution >= 0.6 is 0 Å². The molecule has 0 saturated heterocycles. The zero-order chi connectivity index (χ0) is 21.5. The molecule has 1 aromatic heterocycles. The number of hydrogen-bond donors (Lipinski definition) is 1. The van der Waals surface area contributed by atoms with Crippen LogP contribution in [0.4, 0.5) is 0 Å². The average Bonchev–Trinajstić information content (AvgIpc) is 2.79. The lowest BCUT2D eigenvalue weighted by molar-refractivity contribution is 0.0948. The average molecular weight is 409 g/mol. The van der Waals surface area contributed by atoms with Gasteiger partial charge in [0.05, 0.1) is 39.1 Å². The van der Waals surface area contributed by atoms with E-state index in [4.69, 9.17) is 14.2 Å². The molecular weight excluding hydrogens is 386 g/mol. The summed E-state index contributed by atoms with van der Waals surface area (Å²) in [5, 5.41) is 7.18. The van der Waals surface area contributed by atoms with Crippen LogP contribution in [0.1, 0.15) is 10.4 Å². The van der Waals surface area contributed by atoms with Crippen molar-refractivity contribution in [2.24, 2.45) is 0 Å². The second kappa shape index (κ2) is 9.60. The molecule has 0 saturated carbocycles. The maximum Gasteiger partial charge on any atom is 0.266 e. The highest BCUT2D eigenvalue weighted by Gasteiger charge is 2.13. The molecule has 0 aliphatic heterocycles. The molecule has 0 aliphatic rings. The van der Waals surface area contributed by atoms with Gasteiger partial charge in [-0.05, 0) is 42.5 Å². The lowest BCUT2D eigenvalue weighted by atomic mass is 10.1. The molecule has 1 amide bonds. The first-order chi connectivity index (χ1) is 14.5. The van der Waals surface area contributed by atoms with Crippen molar-refractivity contribution in [1.82, 2.24) is 15.1 Å². The predicted octanol–water partition coefficient (Wildman–Crippen LogP) is 2.37. The van der Waals surface area contributed by atoms with E-state index in [9.17, 15) is 9.59 Å². The number of nitrogens with zero attached hydrogens (tertiary/aromatic N) is 2. The standard InChI is InChI=1S/C22H23N3O5/c1-28-16-6-4-15(5-7-16)19-10-11-21(26)25(24-19)13-12-23-22(27)18-9-8-17(29-2)14-20(18)30-3/h4-11,14H,12-13H2,1-3H3,(H,23,27). The molecular formula is C22H23N3O5. The zero-order valence-electron chi connectivity index (χ0n) is 17.0. The molecule has 0 bridgehead atoms. The van der Waals surface area contributed by atoms with E-state index in [1.165, 1.54) is 17.9 Å². The fraction of sp³-hybridized carbons (Fsp3) is 0.227. The number of carbonyl (C=O) groups is 1. The molecule has 8 heteroatoms. The van der Waals surface area contributed by atoms with E-state index < -0.39 is 0 Å². The minimum atomic E-state index is -0.311. The zero-order valence-corrected chi connectivity index (χ0v) is 17.0. The summed E-state index contributed by atoms with van der Waals surface area (Å²) in [5.41, 5.74) is 1.64. The van der Waals surface area contributed by atoms with Gasteiger partial charge in [-0.3, -0.25) is 9.59 Å². The molecule has 0 atom stereocenters. The Bertz CT molecular complexity index is 1080. The van der Waals surface area contributed by atoms with Gasteiger partial charge in [0.25, 0.3) is 11.5 Å². The summed E-state index contributed by atoms with van der Waals surface area (Å²) in [6, 6.07) is 15.5. The number of hydrogen-bond acceptors (Lipinski definition) is 6. The fourth-order valence-corrected chi connectivity index (χ4v) is 2.88. The molecule has 8 nitrogen and oxygen atoms in total. The van der Waals surface area contributed by atoms with Gasteiger partial charge in [0.15, 0.2) is 0 Å². The van der Waals surface area contributed by atoms with Crippen LogP contribution in [-0.2, 0) is 6.54 Å². The molecule has 0 fully saturated rings. The van der Waals surface area contributed by atoms with Crippen molar-refractivity contribution < 1.29 is 19.0 Å². The van der Waals surface area contributed by atoms with E-state index in [0.29, 0.717) is 22.8 Å². The molecule has 1 heterocycles. The highest BCUT2D eigenvalue weighted by Crippen LogP contribution is 2.24. The Balaban J connectivity index is 1.68. The van der Waals surface area contributed by atoms with Crippen LogP contribution in [0.25, 0.3) is 11.3 Å². The van der Waals surface area contributed by atoms with Crippen LogP contribution in [0, 0.1) is 0 Å². The Morgan fingerprint density at radius 2 is 1.63 bits per heavy atom. The van der Waals surface area contributed by atoms with Gasteiger partial charge >= 0.3 is 0 Å². The van der Waals surface area contributed by atoms with Crippen molar-refractivity contribution >= 4 is 5.91 Å². The molecule has 30 heavy (non-hydrogen) atoms. The van der Waals surface area contributed by atoms with E-state index in [-0.39, 0.29) is 24.6 Å². The van der Waals surface area contributed by atoms with Crippen molar-refractivity contribution in [2.75, 3.05) is 27.9 Å². The summed E-state index contributed by atoms with van der Waals surface area (Å²) in [4.78, 5) is 24.7. The van der Waals surface area contributed by atoms with Crippen molar-refractivity contribution in [3.8, 4) is 28.5 Å². The van der Waals surface area contributed by atoms with E-state index >= 15 is 0 Å². The van der Waals surface area contributed by atoms with Crippen molar-refractivity contribution in [2.45, 2.75) is 6.54 Å². The quantitative estimate of drug-likeness (QED) is 0.614. The summed E-state index contributed by atoms with van der Waals surface area (Å²) < 4.78 is 16.9. The number of amides is 1. The third kappa shape index (κ3) is 4.78. The van der Waals surface area contributed by atoms with E-state index in [1.54, 1.807) is 38.5 Å². The largest absolute Gasteiger partial charge is 0.497 e. The summed E-state index contributed by atoms with van der Waals surface area (Å²) in [6.07, 6.45) is 0. The number of benzene rings is 2. The van der Waals surface area contributed by atoms with Crippen LogP contribution in [0.15, 0.2) is 59.4 Å². The summed E-state index contributed by atoms with van der Waals surface area (Å²) in [5.74, 6) is 1.43. The van der Waals surface area contributed by atoms with Gasteiger partial charge in [-0.15, -0.1) is 0 Å². The van der Waals surface area contributed by atoms with Gasteiger partial charge in [0.1, 0.15) is 17.2 Å². The van der Waals surface area contributed by atoms with Crippen LogP contribution < -0.4 is 25.1 Å². The highest BCUT2D eigenvalue weighted by atomic mass is 16.5. The van der Waals surface area contributed by atoms with Gasteiger partial charge in [-0.1, -0.05) is 0 Å². The Labute approximate surface area is 174 Å². The van der Waals surface area contributed by atoms with Gasteiger partial charge in [0.2, 0.25) is 0 Å². The summed E-state index contributed by atoms with van der Waals surface area (Å²) in [6.45, 7) is 0.458. The Kier molecular flexibility index (Phi) is 6.69. The van der Waals surface area contributed by atoms with Crippen LogP contribution in [0.2, 0.25) is 0 Å². The molecule has 2 aromatic carbocycles. The second-order valence-corrected chi connectivity index (χ2v) is 6.33. The first-order valence-corrected chi connectivity index (χ1v) is 9.28.